The van der Waals surface area contributed by atoms with Crippen LogP contribution in [-0.2, 0) is 11.2 Å². The van der Waals surface area contributed by atoms with E-state index in [4.69, 9.17) is 15.6 Å². The van der Waals surface area contributed by atoms with E-state index in [9.17, 15) is 4.79 Å². The predicted molar refractivity (Wildman–Crippen MR) is 117 cm³/mol. The molecule has 0 unspecified atom stereocenters. The summed E-state index contributed by atoms with van der Waals surface area (Å²) in [6, 6.07) is 4.17. The fraction of sp³-hybridized carbons (Fsp3) is 0.450. The number of hydrogen-bond donors (Lipinski definition) is 3. The third kappa shape index (κ3) is 6.04. The standard InChI is InChI=1S/C19H26N2O2S2.CH4O/c1-5-13-6-7-14-16(24-4)9-8-15(23-3)18(14)19(13)25-17(10-11-20)21-12(2)22;1-2/h8-10H,5-7,11,20H2,1-4H3,(H,21,22);2H,1H3/b17-10+;. The van der Waals surface area contributed by atoms with Crippen LogP contribution >= 0.6 is 23.5 Å². The first-order chi connectivity index (χ1) is 13.0. The minimum atomic E-state index is -0.0910. The number of amides is 1. The summed E-state index contributed by atoms with van der Waals surface area (Å²) in [6.07, 6.45) is 6.98. The molecule has 5 nitrogen and oxygen atoms in total. The van der Waals surface area contributed by atoms with E-state index in [1.54, 1.807) is 30.6 Å². The van der Waals surface area contributed by atoms with Crippen molar-refractivity contribution in [3.05, 3.63) is 39.9 Å². The molecule has 27 heavy (non-hydrogen) atoms. The van der Waals surface area contributed by atoms with Gasteiger partial charge in [0, 0.05) is 35.9 Å². The van der Waals surface area contributed by atoms with E-state index in [0.29, 0.717) is 6.54 Å². The minimum Gasteiger partial charge on any atom is -0.496 e. The quantitative estimate of drug-likeness (QED) is 0.594. The van der Waals surface area contributed by atoms with E-state index >= 15 is 0 Å². The van der Waals surface area contributed by atoms with Gasteiger partial charge in [-0.15, -0.1) is 11.8 Å². The number of ether oxygens (including phenoxy) is 1. The highest BCUT2D eigenvalue weighted by Gasteiger charge is 2.25. The number of thioether (sulfide) groups is 2. The van der Waals surface area contributed by atoms with E-state index in [1.807, 2.05) is 12.1 Å². The van der Waals surface area contributed by atoms with E-state index in [2.05, 4.69) is 24.6 Å². The Kier molecular flexibility index (Phi) is 10.6. The van der Waals surface area contributed by atoms with Crippen molar-refractivity contribution in [3.63, 3.8) is 0 Å². The Hall–Kier alpha value is -1.41. The predicted octanol–water partition coefficient (Wildman–Crippen LogP) is 3.76. The Labute approximate surface area is 170 Å². The van der Waals surface area contributed by atoms with Gasteiger partial charge in [0.1, 0.15) is 5.75 Å². The molecule has 0 fully saturated rings. The van der Waals surface area contributed by atoms with Crippen molar-refractivity contribution in [2.45, 2.75) is 38.0 Å². The molecule has 0 spiro atoms. The molecule has 1 aliphatic rings. The number of carbonyl (C=O) groups is 1. The summed E-state index contributed by atoms with van der Waals surface area (Å²) in [7, 11) is 2.71. The Morgan fingerprint density at radius 2 is 2.07 bits per heavy atom. The van der Waals surface area contributed by atoms with E-state index in [-0.39, 0.29) is 5.91 Å². The van der Waals surface area contributed by atoms with Crippen LogP contribution in [0.25, 0.3) is 4.91 Å². The second-order valence-electron chi connectivity index (χ2n) is 5.70. The second kappa shape index (κ2) is 12.1. The molecule has 4 N–H and O–H groups in total. The lowest BCUT2D eigenvalue weighted by Crippen LogP contribution is -2.19. The summed E-state index contributed by atoms with van der Waals surface area (Å²) in [6.45, 7) is 4.07. The lowest BCUT2D eigenvalue weighted by atomic mass is 9.90. The van der Waals surface area contributed by atoms with Gasteiger partial charge in [0.15, 0.2) is 0 Å². The fourth-order valence-electron chi connectivity index (χ4n) is 3.00. The average Bonchev–Trinajstić information content (AvgIpc) is 2.68. The van der Waals surface area contributed by atoms with Crippen LogP contribution in [-0.4, -0.2) is 38.0 Å². The van der Waals surface area contributed by atoms with Gasteiger partial charge in [-0.1, -0.05) is 24.3 Å². The van der Waals surface area contributed by atoms with Crippen molar-refractivity contribution in [1.29, 1.82) is 0 Å². The highest BCUT2D eigenvalue weighted by molar-refractivity contribution is 8.11. The first kappa shape index (κ1) is 23.6. The number of nitrogens with two attached hydrogens (primary N) is 1. The molecule has 1 aromatic rings. The van der Waals surface area contributed by atoms with Gasteiger partial charge in [-0.2, -0.15) is 0 Å². The molecule has 0 radical (unpaired) electrons. The number of aliphatic hydroxyl groups excluding tert-OH is 1. The molecule has 2 rings (SSSR count). The zero-order valence-corrected chi connectivity index (χ0v) is 18.4. The molecule has 150 valence electrons. The monoisotopic (exact) mass is 410 g/mol. The molecule has 0 aliphatic heterocycles. The number of methoxy groups -OCH3 is 1. The van der Waals surface area contributed by atoms with Gasteiger partial charge < -0.3 is 20.9 Å². The first-order valence-corrected chi connectivity index (χ1v) is 10.9. The lowest BCUT2D eigenvalue weighted by Gasteiger charge is -2.27. The van der Waals surface area contributed by atoms with Crippen molar-refractivity contribution in [2.75, 3.05) is 27.0 Å². The van der Waals surface area contributed by atoms with Crippen LogP contribution in [0.15, 0.2) is 33.7 Å². The van der Waals surface area contributed by atoms with Gasteiger partial charge in [-0.3, -0.25) is 4.79 Å². The normalized spacial score (nSPS) is 13.5. The highest BCUT2D eigenvalue weighted by Crippen LogP contribution is 2.48. The van der Waals surface area contributed by atoms with Crippen LogP contribution in [0.2, 0.25) is 0 Å². The zero-order chi connectivity index (χ0) is 20.4. The fourth-order valence-corrected chi connectivity index (χ4v) is 4.97. The molecule has 0 heterocycles. The van der Waals surface area contributed by atoms with Crippen LogP contribution in [0.3, 0.4) is 0 Å². The molecule has 1 aliphatic carbocycles. The Balaban J connectivity index is 0.00000176. The molecule has 0 saturated carbocycles. The SMILES string of the molecule is CCC1=C(S/C(=C/CN)NC(C)=O)c2c(OC)ccc(SC)c2CC1.CO. The zero-order valence-electron chi connectivity index (χ0n) is 16.7. The van der Waals surface area contributed by atoms with Gasteiger partial charge >= 0.3 is 0 Å². The van der Waals surface area contributed by atoms with Gasteiger partial charge in [0.2, 0.25) is 5.91 Å². The van der Waals surface area contributed by atoms with Crippen LogP contribution < -0.4 is 15.8 Å². The minimum absolute atomic E-state index is 0.0910. The topological polar surface area (TPSA) is 84.6 Å². The smallest absolute Gasteiger partial charge is 0.221 e. The summed E-state index contributed by atoms with van der Waals surface area (Å²) in [4.78, 5) is 14.0. The van der Waals surface area contributed by atoms with Crippen molar-refractivity contribution >= 4 is 34.3 Å². The average molecular weight is 411 g/mol. The second-order valence-corrected chi connectivity index (χ2v) is 7.60. The van der Waals surface area contributed by atoms with Gasteiger partial charge in [0.25, 0.3) is 0 Å². The summed E-state index contributed by atoms with van der Waals surface area (Å²) in [5, 5.41) is 10.7. The summed E-state index contributed by atoms with van der Waals surface area (Å²) in [5.74, 6) is 0.794. The van der Waals surface area contributed by atoms with Crippen molar-refractivity contribution in [3.8, 4) is 5.75 Å². The van der Waals surface area contributed by atoms with Crippen molar-refractivity contribution < 1.29 is 14.6 Å². The van der Waals surface area contributed by atoms with E-state index < -0.39 is 0 Å². The van der Waals surface area contributed by atoms with Gasteiger partial charge in [-0.25, -0.2) is 0 Å². The Bertz CT molecular complexity index is 715. The van der Waals surface area contributed by atoms with Crippen molar-refractivity contribution in [2.24, 2.45) is 5.73 Å². The first-order valence-electron chi connectivity index (χ1n) is 8.82. The molecule has 0 bridgehead atoms. The Morgan fingerprint density at radius 3 is 2.59 bits per heavy atom. The maximum Gasteiger partial charge on any atom is 0.221 e. The number of aliphatic hydroxyl groups is 1. The summed E-state index contributed by atoms with van der Waals surface area (Å²) >= 11 is 3.34. The molecular weight excluding hydrogens is 380 g/mol. The van der Waals surface area contributed by atoms with Crippen LogP contribution in [0.1, 0.15) is 37.8 Å². The maximum absolute atomic E-state index is 11.5. The van der Waals surface area contributed by atoms with Gasteiger partial charge in [0.05, 0.1) is 12.1 Å². The number of benzene rings is 1. The maximum atomic E-state index is 11.5. The van der Waals surface area contributed by atoms with E-state index in [0.717, 1.165) is 42.7 Å². The van der Waals surface area contributed by atoms with Crippen LogP contribution in [0, 0.1) is 0 Å². The van der Waals surface area contributed by atoms with Crippen LogP contribution in [0.4, 0.5) is 0 Å². The highest BCUT2D eigenvalue weighted by atomic mass is 32.2. The number of allylic oxidation sites excluding steroid dienone is 1. The van der Waals surface area contributed by atoms with Crippen LogP contribution in [0.5, 0.6) is 5.75 Å². The summed E-state index contributed by atoms with van der Waals surface area (Å²) in [5.41, 5.74) is 9.58. The number of rotatable bonds is 7. The molecule has 1 amide bonds. The lowest BCUT2D eigenvalue weighted by molar-refractivity contribution is -0.118. The molecular formula is C20H30N2O3S2. The number of carbonyl (C=O) groups excluding carboxylic acids is 1. The largest absolute Gasteiger partial charge is 0.496 e. The molecule has 0 saturated heterocycles. The molecule has 0 atom stereocenters. The third-order valence-corrected chi connectivity index (χ3v) is 6.15. The number of fused-ring (bicyclic) bond motifs is 1. The summed E-state index contributed by atoms with van der Waals surface area (Å²) < 4.78 is 5.67. The molecule has 7 heteroatoms. The number of hydrogen-bond acceptors (Lipinski definition) is 6. The number of nitrogens with one attached hydrogen (secondary N) is 1. The van der Waals surface area contributed by atoms with Crippen molar-refractivity contribution in [1.82, 2.24) is 5.32 Å². The van der Waals surface area contributed by atoms with E-state index in [1.165, 1.54) is 27.9 Å². The molecule has 0 aromatic heterocycles. The Morgan fingerprint density at radius 1 is 1.37 bits per heavy atom. The third-order valence-electron chi connectivity index (χ3n) is 4.14. The van der Waals surface area contributed by atoms with Gasteiger partial charge in [-0.05, 0) is 49.3 Å². The molecule has 1 aromatic carbocycles.